The molecule has 0 saturated heterocycles. The summed E-state index contributed by atoms with van der Waals surface area (Å²) in [5.41, 5.74) is 0.517. The number of nitrogens with one attached hydrogen (secondary N) is 1. The van der Waals surface area contributed by atoms with E-state index in [1.165, 1.54) is 12.4 Å². The molecule has 0 aliphatic heterocycles. The zero-order valence-corrected chi connectivity index (χ0v) is 12.2. The van der Waals surface area contributed by atoms with Gasteiger partial charge >= 0.3 is 6.18 Å². The number of imidazole rings is 1. The van der Waals surface area contributed by atoms with Crippen molar-refractivity contribution >= 4 is 0 Å². The van der Waals surface area contributed by atoms with E-state index in [-0.39, 0.29) is 5.54 Å². The highest BCUT2D eigenvalue weighted by Crippen LogP contribution is 2.30. The molecule has 0 radical (unpaired) electrons. The van der Waals surface area contributed by atoms with Crippen molar-refractivity contribution in [1.82, 2.24) is 14.9 Å². The van der Waals surface area contributed by atoms with Crippen LogP contribution in [-0.4, -0.2) is 15.1 Å². The van der Waals surface area contributed by atoms with E-state index in [0.29, 0.717) is 12.2 Å². The van der Waals surface area contributed by atoms with Crippen molar-refractivity contribution in [3.05, 3.63) is 48.0 Å². The molecule has 0 unspecified atom stereocenters. The van der Waals surface area contributed by atoms with Gasteiger partial charge in [0.1, 0.15) is 0 Å². The van der Waals surface area contributed by atoms with Crippen LogP contribution in [0.25, 0.3) is 5.69 Å². The maximum Gasteiger partial charge on any atom is 0.416 e. The summed E-state index contributed by atoms with van der Waals surface area (Å²) in [5, 5.41) is 3.30. The highest BCUT2D eigenvalue weighted by atomic mass is 19.4. The first-order valence-corrected chi connectivity index (χ1v) is 6.61. The Kier molecular flexibility index (Phi) is 4.09. The van der Waals surface area contributed by atoms with Crippen LogP contribution in [-0.2, 0) is 12.7 Å². The predicted molar refractivity (Wildman–Crippen MR) is 75.2 cm³/mol. The van der Waals surface area contributed by atoms with E-state index in [9.17, 15) is 13.2 Å². The summed E-state index contributed by atoms with van der Waals surface area (Å²) in [6, 6.07) is 5.23. The number of rotatable bonds is 3. The lowest BCUT2D eigenvalue weighted by atomic mass is 10.1. The quantitative estimate of drug-likeness (QED) is 0.934. The molecule has 114 valence electrons. The summed E-state index contributed by atoms with van der Waals surface area (Å²) in [7, 11) is 0. The van der Waals surface area contributed by atoms with Crippen molar-refractivity contribution < 1.29 is 13.2 Å². The Labute approximate surface area is 121 Å². The molecule has 0 saturated carbocycles. The van der Waals surface area contributed by atoms with Crippen LogP contribution >= 0.6 is 0 Å². The van der Waals surface area contributed by atoms with Gasteiger partial charge in [-0.15, -0.1) is 0 Å². The number of nitrogens with zero attached hydrogens (tertiary/aromatic N) is 2. The minimum atomic E-state index is -4.35. The first kappa shape index (κ1) is 15.6. The fourth-order valence-corrected chi connectivity index (χ4v) is 1.87. The molecule has 2 aromatic rings. The van der Waals surface area contributed by atoms with Crippen LogP contribution < -0.4 is 5.32 Å². The van der Waals surface area contributed by atoms with E-state index in [1.807, 2.05) is 20.8 Å². The number of aromatic nitrogens is 2. The maximum absolute atomic E-state index is 12.8. The van der Waals surface area contributed by atoms with Gasteiger partial charge in [-0.2, -0.15) is 13.2 Å². The van der Waals surface area contributed by atoms with Gasteiger partial charge in [0, 0.05) is 24.0 Å². The molecule has 0 aliphatic carbocycles. The summed E-state index contributed by atoms with van der Waals surface area (Å²) in [5.74, 6) is 0. The van der Waals surface area contributed by atoms with Gasteiger partial charge in [-0.1, -0.05) is 6.07 Å². The molecule has 3 nitrogen and oxygen atoms in total. The standard InChI is InChI=1S/C15H18F3N3/c1-14(2,3)20-9-13-8-19-10-21(13)12-6-4-5-11(7-12)15(16,17)18/h4-8,10,20H,9H2,1-3H3. The third-order valence-electron chi connectivity index (χ3n) is 2.97. The van der Waals surface area contributed by atoms with Crippen molar-refractivity contribution in [2.24, 2.45) is 0 Å². The Balaban J connectivity index is 2.29. The molecule has 1 N–H and O–H groups in total. The van der Waals surface area contributed by atoms with Crippen molar-refractivity contribution in [2.75, 3.05) is 0 Å². The molecule has 0 fully saturated rings. The molecule has 0 atom stereocenters. The average molecular weight is 297 g/mol. The van der Waals surface area contributed by atoms with Gasteiger partial charge in [-0.3, -0.25) is 0 Å². The van der Waals surface area contributed by atoms with Gasteiger partial charge in [0.25, 0.3) is 0 Å². The highest BCUT2D eigenvalue weighted by Gasteiger charge is 2.30. The van der Waals surface area contributed by atoms with Crippen molar-refractivity contribution in [3.63, 3.8) is 0 Å². The molecule has 0 aliphatic rings. The Morgan fingerprint density at radius 1 is 1.19 bits per heavy atom. The zero-order chi connectivity index (χ0) is 15.7. The number of benzene rings is 1. The van der Waals surface area contributed by atoms with E-state index in [0.717, 1.165) is 17.8 Å². The third kappa shape index (κ3) is 4.07. The molecule has 0 spiro atoms. The predicted octanol–water partition coefficient (Wildman–Crippen LogP) is 3.78. The lowest BCUT2D eigenvalue weighted by molar-refractivity contribution is -0.137. The van der Waals surface area contributed by atoms with Crippen LogP contribution in [0.15, 0.2) is 36.8 Å². The van der Waals surface area contributed by atoms with Gasteiger partial charge in [0.2, 0.25) is 0 Å². The maximum atomic E-state index is 12.8. The first-order chi connectivity index (χ1) is 9.67. The summed E-state index contributed by atoms with van der Waals surface area (Å²) in [4.78, 5) is 4.03. The molecular formula is C15H18F3N3. The molecular weight excluding hydrogens is 279 g/mol. The molecule has 1 aromatic carbocycles. The molecule has 1 heterocycles. The van der Waals surface area contributed by atoms with E-state index in [1.54, 1.807) is 16.8 Å². The molecule has 2 rings (SSSR count). The topological polar surface area (TPSA) is 29.9 Å². The van der Waals surface area contributed by atoms with Crippen LogP contribution in [0.2, 0.25) is 0 Å². The second-order valence-corrected chi connectivity index (χ2v) is 5.91. The smallest absolute Gasteiger partial charge is 0.306 e. The highest BCUT2D eigenvalue weighted by molar-refractivity contribution is 5.38. The fourth-order valence-electron chi connectivity index (χ4n) is 1.87. The normalized spacial score (nSPS) is 12.7. The van der Waals surface area contributed by atoms with Crippen molar-refractivity contribution in [1.29, 1.82) is 0 Å². The Morgan fingerprint density at radius 3 is 2.52 bits per heavy atom. The summed E-state index contributed by atoms with van der Waals surface area (Å²) in [6.45, 7) is 6.60. The van der Waals surface area contributed by atoms with Gasteiger partial charge in [0.05, 0.1) is 17.6 Å². The Bertz CT molecular complexity index is 609. The molecule has 0 amide bonds. The number of hydrogen-bond acceptors (Lipinski definition) is 2. The van der Waals surface area contributed by atoms with Crippen LogP contribution in [0, 0.1) is 0 Å². The third-order valence-corrected chi connectivity index (χ3v) is 2.97. The lowest BCUT2D eigenvalue weighted by Gasteiger charge is -2.21. The molecule has 1 aromatic heterocycles. The van der Waals surface area contributed by atoms with Crippen LogP contribution in [0.3, 0.4) is 0 Å². The van der Waals surface area contributed by atoms with E-state index in [2.05, 4.69) is 10.3 Å². The van der Waals surface area contributed by atoms with E-state index >= 15 is 0 Å². The number of hydrogen-bond donors (Lipinski definition) is 1. The molecule has 21 heavy (non-hydrogen) atoms. The van der Waals surface area contributed by atoms with Crippen molar-refractivity contribution in [3.8, 4) is 5.69 Å². The number of halogens is 3. The SMILES string of the molecule is CC(C)(C)NCc1cncn1-c1cccc(C(F)(F)F)c1. The Hall–Kier alpha value is -1.82. The summed E-state index contributed by atoms with van der Waals surface area (Å²) in [6.07, 6.45) is -1.17. The monoisotopic (exact) mass is 297 g/mol. The minimum Gasteiger partial charge on any atom is -0.306 e. The van der Waals surface area contributed by atoms with Gasteiger partial charge in [0.15, 0.2) is 0 Å². The second-order valence-electron chi connectivity index (χ2n) is 5.91. The summed E-state index contributed by atoms with van der Waals surface area (Å²) < 4.78 is 40.0. The molecule has 6 heteroatoms. The summed E-state index contributed by atoms with van der Waals surface area (Å²) >= 11 is 0. The van der Waals surface area contributed by atoms with Crippen molar-refractivity contribution in [2.45, 2.75) is 39.0 Å². The van der Waals surface area contributed by atoms with Crippen LogP contribution in [0.5, 0.6) is 0 Å². The van der Waals surface area contributed by atoms with E-state index in [4.69, 9.17) is 0 Å². The zero-order valence-electron chi connectivity index (χ0n) is 12.2. The fraction of sp³-hybridized carbons (Fsp3) is 0.400. The van der Waals surface area contributed by atoms with Gasteiger partial charge in [-0.05, 0) is 39.0 Å². The average Bonchev–Trinajstić information content (AvgIpc) is 2.83. The number of alkyl halides is 3. The minimum absolute atomic E-state index is 0.0804. The largest absolute Gasteiger partial charge is 0.416 e. The lowest BCUT2D eigenvalue weighted by Crippen LogP contribution is -2.35. The molecule has 0 bridgehead atoms. The van der Waals surface area contributed by atoms with E-state index < -0.39 is 11.7 Å². The van der Waals surface area contributed by atoms with Gasteiger partial charge < -0.3 is 9.88 Å². The van der Waals surface area contributed by atoms with Crippen LogP contribution in [0.4, 0.5) is 13.2 Å². The second kappa shape index (κ2) is 5.52. The van der Waals surface area contributed by atoms with Crippen LogP contribution in [0.1, 0.15) is 32.0 Å². The first-order valence-electron chi connectivity index (χ1n) is 6.61. The van der Waals surface area contributed by atoms with Gasteiger partial charge in [-0.25, -0.2) is 4.98 Å². The Morgan fingerprint density at radius 2 is 1.90 bits per heavy atom.